The Labute approximate surface area is 134 Å². The van der Waals surface area contributed by atoms with E-state index in [1.165, 1.54) is 5.56 Å². The number of hydrogen-bond acceptors (Lipinski definition) is 2. The van der Waals surface area contributed by atoms with Crippen LogP contribution in [0.4, 0.5) is 5.69 Å². The monoisotopic (exact) mass is 307 g/mol. The van der Waals surface area contributed by atoms with Crippen molar-refractivity contribution < 1.29 is 4.79 Å². The second-order valence-electron chi connectivity index (χ2n) is 5.37. The van der Waals surface area contributed by atoms with Crippen molar-refractivity contribution in [1.82, 2.24) is 0 Å². The number of amides is 1. The van der Waals surface area contributed by atoms with E-state index < -0.39 is 0 Å². The summed E-state index contributed by atoms with van der Waals surface area (Å²) < 4.78 is 0. The Bertz CT molecular complexity index is 806. The highest BCUT2D eigenvalue weighted by molar-refractivity contribution is 7.08. The first-order valence-corrected chi connectivity index (χ1v) is 8.09. The van der Waals surface area contributed by atoms with Crippen molar-refractivity contribution in [2.24, 2.45) is 0 Å². The first-order valence-electron chi connectivity index (χ1n) is 7.15. The molecule has 0 saturated carbocycles. The lowest BCUT2D eigenvalue weighted by atomic mass is 10.0. The zero-order chi connectivity index (χ0) is 15.5. The molecule has 0 bridgehead atoms. The van der Waals surface area contributed by atoms with Crippen LogP contribution in [0.2, 0.25) is 0 Å². The molecule has 22 heavy (non-hydrogen) atoms. The van der Waals surface area contributed by atoms with Crippen molar-refractivity contribution in [1.29, 1.82) is 0 Å². The predicted octanol–water partition coefficient (Wildman–Crippen LogP) is 5.28. The molecule has 1 amide bonds. The molecule has 0 aliphatic carbocycles. The maximum atomic E-state index is 12.5. The Morgan fingerprint density at radius 3 is 2.64 bits per heavy atom. The van der Waals surface area contributed by atoms with Gasteiger partial charge in [-0.15, -0.1) is 0 Å². The lowest BCUT2D eigenvalue weighted by Crippen LogP contribution is -2.13. The number of rotatable bonds is 3. The Balaban J connectivity index is 1.85. The lowest BCUT2D eigenvalue weighted by Gasteiger charge is -2.09. The third kappa shape index (κ3) is 3.10. The Hall–Kier alpha value is -2.39. The van der Waals surface area contributed by atoms with Crippen molar-refractivity contribution in [2.45, 2.75) is 13.8 Å². The van der Waals surface area contributed by atoms with Crippen LogP contribution in [0.5, 0.6) is 0 Å². The van der Waals surface area contributed by atoms with Gasteiger partial charge in [-0.2, -0.15) is 11.3 Å². The van der Waals surface area contributed by atoms with E-state index in [1.807, 2.05) is 50.2 Å². The third-order valence-corrected chi connectivity index (χ3v) is 4.30. The molecule has 2 nitrogen and oxygen atoms in total. The van der Waals surface area contributed by atoms with Crippen molar-refractivity contribution in [3.63, 3.8) is 0 Å². The topological polar surface area (TPSA) is 29.1 Å². The van der Waals surface area contributed by atoms with E-state index in [-0.39, 0.29) is 5.91 Å². The van der Waals surface area contributed by atoms with Crippen molar-refractivity contribution in [3.05, 3.63) is 76.0 Å². The average Bonchev–Trinajstić information content (AvgIpc) is 3.04. The van der Waals surface area contributed by atoms with Crippen LogP contribution in [0.3, 0.4) is 0 Å². The number of nitrogens with one attached hydrogen (secondary N) is 1. The molecular formula is C19H17NOS. The number of aryl methyl sites for hydroxylation is 2. The van der Waals surface area contributed by atoms with Gasteiger partial charge in [-0.1, -0.05) is 29.8 Å². The first kappa shape index (κ1) is 14.5. The van der Waals surface area contributed by atoms with E-state index in [1.54, 1.807) is 11.3 Å². The summed E-state index contributed by atoms with van der Waals surface area (Å²) in [4.78, 5) is 12.5. The summed E-state index contributed by atoms with van der Waals surface area (Å²) in [6.07, 6.45) is 0. The maximum Gasteiger partial charge on any atom is 0.255 e. The normalized spacial score (nSPS) is 10.5. The van der Waals surface area contributed by atoms with Crippen LogP contribution in [0.25, 0.3) is 11.1 Å². The maximum absolute atomic E-state index is 12.5. The molecule has 1 N–H and O–H groups in total. The van der Waals surface area contributed by atoms with E-state index in [0.717, 1.165) is 27.9 Å². The number of carbonyl (C=O) groups excluding carboxylic acids is 1. The molecule has 0 atom stereocenters. The van der Waals surface area contributed by atoms with Gasteiger partial charge in [-0.25, -0.2) is 0 Å². The van der Waals surface area contributed by atoms with Gasteiger partial charge in [0.2, 0.25) is 0 Å². The van der Waals surface area contributed by atoms with Crippen LogP contribution in [0.1, 0.15) is 21.5 Å². The smallest absolute Gasteiger partial charge is 0.255 e. The zero-order valence-corrected chi connectivity index (χ0v) is 13.4. The molecule has 0 aliphatic rings. The van der Waals surface area contributed by atoms with Crippen LogP contribution in [-0.4, -0.2) is 5.91 Å². The van der Waals surface area contributed by atoms with Gasteiger partial charge in [-0.3, -0.25) is 4.79 Å². The van der Waals surface area contributed by atoms with Gasteiger partial charge in [-0.05, 0) is 65.6 Å². The highest BCUT2D eigenvalue weighted by Crippen LogP contribution is 2.25. The molecule has 110 valence electrons. The van der Waals surface area contributed by atoms with Gasteiger partial charge in [0.15, 0.2) is 0 Å². The highest BCUT2D eigenvalue weighted by atomic mass is 32.1. The van der Waals surface area contributed by atoms with Crippen molar-refractivity contribution in [3.8, 4) is 11.1 Å². The van der Waals surface area contributed by atoms with E-state index in [0.29, 0.717) is 0 Å². The van der Waals surface area contributed by atoms with Gasteiger partial charge in [0.1, 0.15) is 0 Å². The largest absolute Gasteiger partial charge is 0.322 e. The fourth-order valence-electron chi connectivity index (χ4n) is 2.38. The summed E-state index contributed by atoms with van der Waals surface area (Å²) in [7, 11) is 0. The fourth-order valence-corrected chi connectivity index (χ4v) is 3.05. The number of thiophene rings is 1. The summed E-state index contributed by atoms with van der Waals surface area (Å²) >= 11 is 1.67. The quantitative estimate of drug-likeness (QED) is 0.700. The van der Waals surface area contributed by atoms with E-state index in [2.05, 4.69) is 28.2 Å². The van der Waals surface area contributed by atoms with Crippen molar-refractivity contribution >= 4 is 22.9 Å². The second kappa shape index (κ2) is 6.16. The molecule has 0 saturated heterocycles. The van der Waals surface area contributed by atoms with Gasteiger partial charge < -0.3 is 5.32 Å². The van der Waals surface area contributed by atoms with Crippen molar-refractivity contribution in [2.75, 3.05) is 5.32 Å². The molecule has 0 unspecified atom stereocenters. The molecule has 3 rings (SSSR count). The summed E-state index contributed by atoms with van der Waals surface area (Å²) in [5.74, 6) is -0.0660. The zero-order valence-electron chi connectivity index (χ0n) is 12.6. The third-order valence-electron chi connectivity index (χ3n) is 3.61. The minimum absolute atomic E-state index is 0.0660. The van der Waals surface area contributed by atoms with Gasteiger partial charge >= 0.3 is 0 Å². The molecule has 1 aromatic heterocycles. The number of benzene rings is 2. The fraction of sp³-hybridized carbons (Fsp3) is 0.105. The van der Waals surface area contributed by atoms with Crippen LogP contribution in [0, 0.1) is 13.8 Å². The summed E-state index contributed by atoms with van der Waals surface area (Å²) in [6.45, 7) is 3.95. The summed E-state index contributed by atoms with van der Waals surface area (Å²) in [5, 5.41) is 7.15. The standard InChI is InChI=1S/C19H17NOS/c1-13-6-7-14(2)18(10-13)19(21)20-17-5-3-4-15(11-17)16-8-9-22-12-16/h3-12H,1-2H3,(H,20,21). The number of carbonyl (C=O) groups is 1. The summed E-state index contributed by atoms with van der Waals surface area (Å²) in [6, 6.07) is 15.9. The Kier molecular flexibility index (Phi) is 4.07. The second-order valence-corrected chi connectivity index (χ2v) is 6.15. The number of anilines is 1. The molecule has 3 heteroatoms. The van der Waals surface area contributed by atoms with E-state index in [4.69, 9.17) is 0 Å². The first-order chi connectivity index (χ1) is 10.6. The molecular weight excluding hydrogens is 290 g/mol. The van der Waals surface area contributed by atoms with E-state index >= 15 is 0 Å². The molecule has 0 aliphatic heterocycles. The highest BCUT2D eigenvalue weighted by Gasteiger charge is 2.10. The van der Waals surface area contributed by atoms with Crippen LogP contribution < -0.4 is 5.32 Å². The molecule has 1 heterocycles. The molecule has 0 radical (unpaired) electrons. The minimum atomic E-state index is -0.0660. The van der Waals surface area contributed by atoms with Crippen LogP contribution in [0.15, 0.2) is 59.3 Å². The van der Waals surface area contributed by atoms with Gasteiger partial charge in [0.05, 0.1) is 0 Å². The van der Waals surface area contributed by atoms with Crippen LogP contribution in [-0.2, 0) is 0 Å². The minimum Gasteiger partial charge on any atom is -0.322 e. The SMILES string of the molecule is Cc1ccc(C)c(C(=O)Nc2cccc(-c3ccsc3)c2)c1. The van der Waals surface area contributed by atoms with E-state index in [9.17, 15) is 4.79 Å². The van der Waals surface area contributed by atoms with Gasteiger partial charge in [0.25, 0.3) is 5.91 Å². The van der Waals surface area contributed by atoms with Crippen LogP contribution >= 0.6 is 11.3 Å². The summed E-state index contributed by atoms with van der Waals surface area (Å²) in [5.41, 5.74) is 5.89. The molecule has 2 aromatic carbocycles. The van der Waals surface area contributed by atoms with Gasteiger partial charge in [0, 0.05) is 11.3 Å². The molecule has 3 aromatic rings. The predicted molar refractivity (Wildman–Crippen MR) is 93.6 cm³/mol. The number of hydrogen-bond donors (Lipinski definition) is 1. The Morgan fingerprint density at radius 2 is 1.86 bits per heavy atom. The molecule has 0 fully saturated rings. The lowest BCUT2D eigenvalue weighted by molar-refractivity contribution is 0.102. The Morgan fingerprint density at radius 1 is 1.00 bits per heavy atom. The average molecular weight is 307 g/mol. The molecule has 0 spiro atoms.